The number of unbranched alkanes of at least 4 members (excludes halogenated alkanes) is 3. The van der Waals surface area contributed by atoms with Crippen molar-refractivity contribution < 1.29 is 9.90 Å². The largest absolute Gasteiger partial charge is 0.508 e. The highest BCUT2D eigenvalue weighted by molar-refractivity contribution is 5.99. The third kappa shape index (κ3) is 6.04. The van der Waals surface area contributed by atoms with E-state index in [4.69, 9.17) is 0 Å². The summed E-state index contributed by atoms with van der Waals surface area (Å²) in [5, 5.41) is 13.4. The van der Waals surface area contributed by atoms with Crippen LogP contribution in [0.2, 0.25) is 0 Å². The molecule has 0 saturated carbocycles. The number of rotatable bonds is 7. The molecule has 0 aromatic heterocycles. The van der Waals surface area contributed by atoms with Gasteiger partial charge in [0.15, 0.2) is 0 Å². The molecule has 0 aliphatic rings. The fourth-order valence-corrected chi connectivity index (χ4v) is 1.71. The molecule has 0 fully saturated rings. The molecule has 2 N–H and O–H groups in total. The molecule has 4 heteroatoms. The summed E-state index contributed by atoms with van der Waals surface area (Å²) in [5.41, 5.74) is 4.02. The first-order valence-electron chi connectivity index (χ1n) is 6.76. The summed E-state index contributed by atoms with van der Waals surface area (Å²) in [7, 11) is 0. The van der Waals surface area contributed by atoms with E-state index in [-0.39, 0.29) is 11.7 Å². The molecule has 0 heterocycles. The van der Waals surface area contributed by atoms with Crippen LogP contribution < -0.4 is 5.43 Å². The maximum atomic E-state index is 11.5. The Morgan fingerprint density at radius 3 is 2.79 bits per heavy atom. The molecule has 0 aliphatic heterocycles. The van der Waals surface area contributed by atoms with Crippen molar-refractivity contribution in [1.82, 2.24) is 5.43 Å². The second kappa shape index (κ2) is 8.29. The molecule has 19 heavy (non-hydrogen) atoms. The number of carbonyl (C=O) groups excluding carboxylic acids is 1. The van der Waals surface area contributed by atoms with Crippen molar-refractivity contribution in [3.8, 4) is 5.75 Å². The quantitative estimate of drug-likeness (QED) is 0.450. The van der Waals surface area contributed by atoms with E-state index in [0.29, 0.717) is 12.1 Å². The Bertz CT molecular complexity index is 442. The summed E-state index contributed by atoms with van der Waals surface area (Å²) in [6.07, 6.45) is 4.83. The van der Waals surface area contributed by atoms with Crippen LogP contribution in [0.3, 0.4) is 0 Å². The number of carbonyl (C=O) groups is 1. The maximum Gasteiger partial charge on any atom is 0.240 e. The lowest BCUT2D eigenvalue weighted by atomic mass is 10.1. The van der Waals surface area contributed by atoms with E-state index in [1.54, 1.807) is 25.1 Å². The highest BCUT2D eigenvalue weighted by Crippen LogP contribution is 2.11. The minimum atomic E-state index is -0.0596. The molecule has 1 aromatic rings. The second-order valence-electron chi connectivity index (χ2n) is 4.59. The minimum Gasteiger partial charge on any atom is -0.508 e. The van der Waals surface area contributed by atoms with Crippen molar-refractivity contribution >= 4 is 11.6 Å². The van der Waals surface area contributed by atoms with Crippen molar-refractivity contribution in [3.63, 3.8) is 0 Å². The molecule has 0 spiro atoms. The summed E-state index contributed by atoms with van der Waals surface area (Å²) in [6, 6.07) is 6.80. The molecule has 104 valence electrons. The first kappa shape index (κ1) is 15.2. The van der Waals surface area contributed by atoms with Crippen LogP contribution in [-0.2, 0) is 4.79 Å². The lowest BCUT2D eigenvalue weighted by molar-refractivity contribution is -0.121. The van der Waals surface area contributed by atoms with E-state index in [1.165, 1.54) is 6.42 Å². The van der Waals surface area contributed by atoms with Crippen LogP contribution in [0.1, 0.15) is 51.5 Å². The monoisotopic (exact) mass is 262 g/mol. The number of amides is 1. The van der Waals surface area contributed by atoms with Crippen molar-refractivity contribution in [1.29, 1.82) is 0 Å². The van der Waals surface area contributed by atoms with Gasteiger partial charge in [0, 0.05) is 12.0 Å². The van der Waals surface area contributed by atoms with Gasteiger partial charge in [-0.05, 0) is 25.5 Å². The van der Waals surface area contributed by atoms with Gasteiger partial charge in [0.25, 0.3) is 0 Å². The third-order valence-electron chi connectivity index (χ3n) is 2.87. The number of aromatic hydroxyl groups is 1. The highest BCUT2D eigenvalue weighted by Gasteiger charge is 2.02. The van der Waals surface area contributed by atoms with Crippen molar-refractivity contribution in [2.75, 3.05) is 0 Å². The van der Waals surface area contributed by atoms with Crippen LogP contribution in [0.5, 0.6) is 5.75 Å². The Labute approximate surface area is 114 Å². The zero-order chi connectivity index (χ0) is 14.1. The highest BCUT2D eigenvalue weighted by atomic mass is 16.3. The smallest absolute Gasteiger partial charge is 0.240 e. The number of hydrogen-bond donors (Lipinski definition) is 2. The Balaban J connectivity index is 2.41. The molecular formula is C15H22N2O2. The summed E-state index contributed by atoms with van der Waals surface area (Å²) in [4.78, 5) is 11.5. The van der Waals surface area contributed by atoms with E-state index in [0.717, 1.165) is 24.8 Å². The van der Waals surface area contributed by atoms with E-state index in [1.807, 2.05) is 6.07 Å². The molecule has 0 saturated heterocycles. The first-order valence-corrected chi connectivity index (χ1v) is 6.76. The van der Waals surface area contributed by atoms with Gasteiger partial charge in [-0.2, -0.15) is 5.10 Å². The van der Waals surface area contributed by atoms with Gasteiger partial charge < -0.3 is 5.11 Å². The van der Waals surface area contributed by atoms with Gasteiger partial charge >= 0.3 is 0 Å². The molecule has 1 rings (SSSR count). The predicted octanol–water partition coefficient (Wildman–Crippen LogP) is 3.20. The van der Waals surface area contributed by atoms with Gasteiger partial charge in [-0.1, -0.05) is 38.3 Å². The molecular weight excluding hydrogens is 240 g/mol. The van der Waals surface area contributed by atoms with Gasteiger partial charge in [0.2, 0.25) is 5.91 Å². The summed E-state index contributed by atoms with van der Waals surface area (Å²) >= 11 is 0. The second-order valence-corrected chi connectivity index (χ2v) is 4.59. The SMILES string of the molecule is CCCCCCC(=O)N/N=C(\C)c1cccc(O)c1. The van der Waals surface area contributed by atoms with E-state index < -0.39 is 0 Å². The summed E-state index contributed by atoms with van der Waals surface area (Å²) in [5.74, 6) is 0.133. The molecule has 0 atom stereocenters. The van der Waals surface area contributed by atoms with Crippen LogP contribution >= 0.6 is 0 Å². The van der Waals surface area contributed by atoms with Gasteiger partial charge in [-0.3, -0.25) is 4.79 Å². The standard InChI is InChI=1S/C15H22N2O2/c1-3-4-5-6-10-15(19)17-16-12(2)13-8-7-9-14(18)11-13/h7-9,11,18H,3-6,10H2,1-2H3,(H,17,19)/b16-12+. The average Bonchev–Trinajstić information content (AvgIpc) is 2.41. The Hall–Kier alpha value is -1.84. The topological polar surface area (TPSA) is 61.7 Å². The van der Waals surface area contributed by atoms with Crippen LogP contribution in [0.25, 0.3) is 0 Å². The van der Waals surface area contributed by atoms with Gasteiger partial charge in [0.05, 0.1) is 5.71 Å². The molecule has 0 bridgehead atoms. The molecule has 4 nitrogen and oxygen atoms in total. The zero-order valence-corrected chi connectivity index (χ0v) is 11.6. The molecule has 0 radical (unpaired) electrons. The van der Waals surface area contributed by atoms with E-state index in [9.17, 15) is 9.90 Å². The number of hydrogen-bond acceptors (Lipinski definition) is 3. The van der Waals surface area contributed by atoms with Crippen molar-refractivity contribution in [2.45, 2.75) is 46.0 Å². The first-order chi connectivity index (χ1) is 9.13. The number of hydrazone groups is 1. The number of nitrogens with one attached hydrogen (secondary N) is 1. The number of nitrogens with zero attached hydrogens (tertiary/aromatic N) is 1. The minimum absolute atomic E-state index is 0.0596. The fraction of sp³-hybridized carbons (Fsp3) is 0.467. The third-order valence-corrected chi connectivity index (χ3v) is 2.87. The van der Waals surface area contributed by atoms with E-state index >= 15 is 0 Å². The van der Waals surface area contributed by atoms with Gasteiger partial charge in [0.1, 0.15) is 5.75 Å². The fourth-order valence-electron chi connectivity index (χ4n) is 1.71. The van der Waals surface area contributed by atoms with Crippen LogP contribution in [0, 0.1) is 0 Å². The zero-order valence-electron chi connectivity index (χ0n) is 11.6. The lowest BCUT2D eigenvalue weighted by Gasteiger charge is -2.03. The van der Waals surface area contributed by atoms with Crippen LogP contribution in [0.4, 0.5) is 0 Å². The lowest BCUT2D eigenvalue weighted by Crippen LogP contribution is -2.18. The van der Waals surface area contributed by atoms with Gasteiger partial charge in [-0.15, -0.1) is 0 Å². The van der Waals surface area contributed by atoms with Crippen LogP contribution in [-0.4, -0.2) is 16.7 Å². The maximum absolute atomic E-state index is 11.5. The average molecular weight is 262 g/mol. The van der Waals surface area contributed by atoms with Crippen molar-refractivity contribution in [2.24, 2.45) is 5.10 Å². The Morgan fingerprint density at radius 2 is 2.11 bits per heavy atom. The normalized spacial score (nSPS) is 11.4. The van der Waals surface area contributed by atoms with Crippen molar-refractivity contribution in [3.05, 3.63) is 29.8 Å². The predicted molar refractivity (Wildman–Crippen MR) is 77.2 cm³/mol. The molecule has 0 aliphatic carbocycles. The number of phenols is 1. The Morgan fingerprint density at radius 1 is 1.32 bits per heavy atom. The molecule has 1 aromatic carbocycles. The summed E-state index contributed by atoms with van der Waals surface area (Å²) in [6.45, 7) is 3.94. The Kier molecular flexibility index (Phi) is 6.64. The summed E-state index contributed by atoms with van der Waals surface area (Å²) < 4.78 is 0. The number of phenolic OH excluding ortho intramolecular Hbond substituents is 1. The molecule has 0 unspecified atom stereocenters. The van der Waals surface area contributed by atoms with Gasteiger partial charge in [-0.25, -0.2) is 5.43 Å². The number of benzene rings is 1. The van der Waals surface area contributed by atoms with E-state index in [2.05, 4.69) is 17.5 Å². The molecule has 1 amide bonds. The van der Waals surface area contributed by atoms with Crippen LogP contribution in [0.15, 0.2) is 29.4 Å².